The van der Waals surface area contributed by atoms with Crippen molar-refractivity contribution >= 4 is 51.4 Å². The molecular weight excluding hydrogens is 407 g/mol. The van der Waals surface area contributed by atoms with Crippen molar-refractivity contribution in [3.05, 3.63) is 66.4 Å². The number of alkyl halides is 2. The van der Waals surface area contributed by atoms with Crippen molar-refractivity contribution in [1.82, 2.24) is 9.88 Å². The zero-order valence-electron chi connectivity index (χ0n) is 16.1. The average molecular weight is 429 g/mol. The van der Waals surface area contributed by atoms with E-state index in [1.54, 1.807) is 24.3 Å². The molecule has 5 nitrogen and oxygen atoms in total. The maximum Gasteiger partial charge on any atom is 0.265 e. The average Bonchev–Trinajstić information content (AvgIpc) is 2.74. The SMILES string of the molecule is CN1CCN(c2ccnc3ccc(NC(=O)C(Cl)(Cl)c4ccccc4)cc23)CC1. The van der Waals surface area contributed by atoms with Crippen LogP contribution in [0.15, 0.2) is 60.8 Å². The van der Waals surface area contributed by atoms with E-state index in [0.717, 1.165) is 42.8 Å². The molecule has 1 saturated heterocycles. The highest BCUT2D eigenvalue weighted by Gasteiger charge is 2.35. The van der Waals surface area contributed by atoms with Crippen LogP contribution in [0.5, 0.6) is 0 Å². The molecule has 2 heterocycles. The number of likely N-dealkylation sites (N-methyl/N-ethyl adjacent to an activating group) is 1. The molecule has 1 N–H and O–H groups in total. The summed E-state index contributed by atoms with van der Waals surface area (Å²) in [5.74, 6) is -0.489. The van der Waals surface area contributed by atoms with E-state index < -0.39 is 10.2 Å². The van der Waals surface area contributed by atoms with Crippen molar-refractivity contribution in [2.24, 2.45) is 0 Å². The minimum atomic E-state index is -1.68. The maximum absolute atomic E-state index is 12.8. The molecule has 3 aromatic rings. The number of anilines is 2. The fraction of sp³-hybridized carbons (Fsp3) is 0.273. The summed E-state index contributed by atoms with van der Waals surface area (Å²) >= 11 is 12.8. The van der Waals surface area contributed by atoms with Crippen LogP contribution >= 0.6 is 23.2 Å². The fourth-order valence-electron chi connectivity index (χ4n) is 3.52. The number of halogens is 2. The topological polar surface area (TPSA) is 48.5 Å². The smallest absolute Gasteiger partial charge is 0.265 e. The van der Waals surface area contributed by atoms with E-state index in [0.29, 0.717) is 11.3 Å². The minimum Gasteiger partial charge on any atom is -0.368 e. The van der Waals surface area contributed by atoms with Gasteiger partial charge in [-0.3, -0.25) is 9.78 Å². The maximum atomic E-state index is 12.8. The van der Waals surface area contributed by atoms with E-state index in [1.165, 1.54) is 0 Å². The Morgan fingerprint density at radius 3 is 2.48 bits per heavy atom. The van der Waals surface area contributed by atoms with Crippen molar-refractivity contribution in [2.45, 2.75) is 4.33 Å². The number of hydrogen-bond donors (Lipinski definition) is 1. The van der Waals surface area contributed by atoms with E-state index in [1.807, 2.05) is 36.5 Å². The first-order valence-electron chi connectivity index (χ1n) is 9.52. The van der Waals surface area contributed by atoms with Crippen LogP contribution in [0.1, 0.15) is 5.56 Å². The summed E-state index contributed by atoms with van der Waals surface area (Å²) in [6.45, 7) is 3.93. The number of nitrogens with one attached hydrogen (secondary N) is 1. The largest absolute Gasteiger partial charge is 0.368 e. The number of carbonyl (C=O) groups is 1. The summed E-state index contributed by atoms with van der Waals surface area (Å²) in [6.07, 6.45) is 1.83. The summed E-state index contributed by atoms with van der Waals surface area (Å²) in [6, 6.07) is 16.6. The van der Waals surface area contributed by atoms with Crippen molar-refractivity contribution in [3.63, 3.8) is 0 Å². The fourth-order valence-corrected chi connectivity index (χ4v) is 3.87. The standard InChI is InChI=1S/C22H22Cl2N4O/c1-27-11-13-28(14-12-27)20-9-10-25-19-8-7-17(15-18(19)20)26-21(29)22(23,24)16-5-3-2-4-6-16/h2-10,15H,11-14H2,1H3,(H,26,29). The predicted octanol–water partition coefficient (Wildman–Crippen LogP) is 4.26. The Kier molecular flexibility index (Phi) is 5.63. The number of pyridine rings is 1. The van der Waals surface area contributed by atoms with Gasteiger partial charge in [-0.25, -0.2) is 0 Å². The Hall–Kier alpha value is -2.34. The van der Waals surface area contributed by atoms with Crippen LogP contribution < -0.4 is 10.2 Å². The van der Waals surface area contributed by atoms with Crippen LogP contribution in [0.2, 0.25) is 0 Å². The van der Waals surface area contributed by atoms with E-state index in [-0.39, 0.29) is 0 Å². The molecule has 0 spiro atoms. The van der Waals surface area contributed by atoms with Gasteiger partial charge in [0.2, 0.25) is 4.33 Å². The van der Waals surface area contributed by atoms with Gasteiger partial charge in [0, 0.05) is 49.1 Å². The molecule has 1 aliphatic heterocycles. The molecule has 4 rings (SSSR count). The Labute approximate surface area is 180 Å². The van der Waals surface area contributed by atoms with Gasteiger partial charge < -0.3 is 15.1 Å². The van der Waals surface area contributed by atoms with Gasteiger partial charge in [-0.2, -0.15) is 0 Å². The molecule has 2 aromatic carbocycles. The summed E-state index contributed by atoms with van der Waals surface area (Å²) < 4.78 is -1.68. The van der Waals surface area contributed by atoms with Crippen molar-refractivity contribution in [1.29, 1.82) is 0 Å². The monoisotopic (exact) mass is 428 g/mol. The number of benzene rings is 2. The van der Waals surface area contributed by atoms with E-state index in [9.17, 15) is 4.79 Å². The lowest BCUT2D eigenvalue weighted by Gasteiger charge is -2.34. The molecule has 29 heavy (non-hydrogen) atoms. The molecule has 1 fully saturated rings. The van der Waals surface area contributed by atoms with Gasteiger partial charge >= 0.3 is 0 Å². The number of amides is 1. The van der Waals surface area contributed by atoms with Gasteiger partial charge in [0.25, 0.3) is 5.91 Å². The van der Waals surface area contributed by atoms with E-state index >= 15 is 0 Å². The highest BCUT2D eigenvalue weighted by molar-refractivity contribution is 6.58. The van der Waals surface area contributed by atoms with Gasteiger partial charge in [0.15, 0.2) is 0 Å². The Morgan fingerprint density at radius 1 is 1.03 bits per heavy atom. The first-order valence-corrected chi connectivity index (χ1v) is 10.3. The van der Waals surface area contributed by atoms with E-state index in [2.05, 4.69) is 27.1 Å². The summed E-state index contributed by atoms with van der Waals surface area (Å²) in [4.78, 5) is 21.9. The lowest BCUT2D eigenvalue weighted by molar-refractivity contribution is -0.117. The first kappa shape index (κ1) is 20.0. The Morgan fingerprint density at radius 2 is 1.76 bits per heavy atom. The number of nitrogens with zero attached hydrogens (tertiary/aromatic N) is 3. The Bertz CT molecular complexity index is 1020. The van der Waals surface area contributed by atoms with Crippen molar-refractivity contribution in [2.75, 3.05) is 43.4 Å². The lowest BCUT2D eigenvalue weighted by Crippen LogP contribution is -2.44. The number of carbonyl (C=O) groups excluding carboxylic acids is 1. The molecular formula is C22H22Cl2N4O. The third-order valence-corrected chi connectivity index (χ3v) is 6.02. The molecule has 1 aromatic heterocycles. The molecule has 150 valence electrons. The number of hydrogen-bond acceptors (Lipinski definition) is 4. The number of piperazine rings is 1. The molecule has 0 bridgehead atoms. The molecule has 0 aliphatic carbocycles. The molecule has 0 unspecified atom stereocenters. The third kappa shape index (κ3) is 4.17. The van der Waals surface area contributed by atoms with Gasteiger partial charge in [-0.05, 0) is 36.9 Å². The third-order valence-electron chi connectivity index (χ3n) is 5.24. The zero-order valence-corrected chi connectivity index (χ0v) is 17.6. The van der Waals surface area contributed by atoms with Gasteiger partial charge in [0.1, 0.15) is 0 Å². The predicted molar refractivity (Wildman–Crippen MR) is 120 cm³/mol. The van der Waals surface area contributed by atoms with Crippen molar-refractivity contribution < 1.29 is 4.79 Å². The Balaban J connectivity index is 1.62. The zero-order chi connectivity index (χ0) is 20.4. The minimum absolute atomic E-state index is 0.489. The lowest BCUT2D eigenvalue weighted by atomic mass is 10.1. The van der Waals surface area contributed by atoms with Gasteiger partial charge in [-0.1, -0.05) is 53.5 Å². The van der Waals surface area contributed by atoms with Crippen LogP contribution in [0, 0.1) is 0 Å². The number of fused-ring (bicyclic) bond motifs is 1. The van der Waals surface area contributed by atoms with Crippen LogP contribution in [-0.2, 0) is 9.13 Å². The quantitative estimate of drug-likeness (QED) is 0.630. The van der Waals surface area contributed by atoms with Crippen LogP contribution in [0.4, 0.5) is 11.4 Å². The number of rotatable bonds is 4. The summed E-state index contributed by atoms with van der Waals surface area (Å²) in [7, 11) is 2.13. The van der Waals surface area contributed by atoms with Crippen LogP contribution in [0.25, 0.3) is 10.9 Å². The molecule has 1 aliphatic rings. The van der Waals surface area contributed by atoms with E-state index in [4.69, 9.17) is 23.2 Å². The molecule has 0 atom stereocenters. The highest BCUT2D eigenvalue weighted by Crippen LogP contribution is 2.36. The second-order valence-corrected chi connectivity index (χ2v) is 8.57. The normalized spacial score (nSPS) is 15.5. The van der Waals surface area contributed by atoms with Gasteiger partial charge in [0.05, 0.1) is 5.52 Å². The summed E-state index contributed by atoms with van der Waals surface area (Å²) in [5.41, 5.74) is 3.16. The van der Waals surface area contributed by atoms with Gasteiger partial charge in [-0.15, -0.1) is 0 Å². The highest BCUT2D eigenvalue weighted by atomic mass is 35.5. The van der Waals surface area contributed by atoms with Crippen LogP contribution in [0.3, 0.4) is 0 Å². The second kappa shape index (κ2) is 8.19. The first-order chi connectivity index (χ1) is 13.9. The van der Waals surface area contributed by atoms with Crippen molar-refractivity contribution in [3.8, 4) is 0 Å². The van der Waals surface area contributed by atoms with Crippen LogP contribution in [-0.4, -0.2) is 49.0 Å². The number of aromatic nitrogens is 1. The molecule has 7 heteroatoms. The molecule has 0 radical (unpaired) electrons. The summed E-state index contributed by atoms with van der Waals surface area (Å²) in [5, 5.41) is 3.84. The second-order valence-electron chi connectivity index (χ2n) is 7.25. The molecule has 0 saturated carbocycles. The molecule has 1 amide bonds.